The van der Waals surface area contributed by atoms with Crippen molar-refractivity contribution in [1.29, 1.82) is 5.26 Å². The van der Waals surface area contributed by atoms with Crippen LogP contribution in [0.3, 0.4) is 0 Å². The molecule has 0 fully saturated rings. The maximum atomic E-state index is 14.1. The van der Waals surface area contributed by atoms with Gasteiger partial charge in [0.25, 0.3) is 5.91 Å². The first-order valence-corrected chi connectivity index (χ1v) is 10.5. The summed E-state index contributed by atoms with van der Waals surface area (Å²) in [4.78, 5) is 24.4. The molecule has 0 saturated heterocycles. The van der Waals surface area contributed by atoms with Crippen LogP contribution in [0.15, 0.2) is 72.3 Å². The number of benzene rings is 3. The highest BCUT2D eigenvalue weighted by Gasteiger charge is 2.13. The molecule has 7 heteroatoms. The van der Waals surface area contributed by atoms with E-state index in [2.05, 4.69) is 5.32 Å². The second-order valence-corrected chi connectivity index (χ2v) is 7.47. The first kappa shape index (κ1) is 23.7. The predicted molar refractivity (Wildman–Crippen MR) is 125 cm³/mol. The van der Waals surface area contributed by atoms with Crippen LogP contribution in [0.2, 0.25) is 5.02 Å². The van der Waals surface area contributed by atoms with Gasteiger partial charge in [0.05, 0.1) is 12.2 Å². The molecule has 0 aliphatic heterocycles. The Kier molecular flexibility index (Phi) is 7.96. The van der Waals surface area contributed by atoms with Crippen molar-refractivity contribution in [3.63, 3.8) is 0 Å². The van der Waals surface area contributed by atoms with Crippen molar-refractivity contribution in [3.05, 3.63) is 105 Å². The number of carbonyl (C=O) groups excluding carboxylic acids is 2. The number of hydrogen-bond donors (Lipinski definition) is 1. The Morgan fingerprint density at radius 1 is 1.09 bits per heavy atom. The minimum atomic E-state index is -0.627. The van der Waals surface area contributed by atoms with E-state index in [-0.39, 0.29) is 24.4 Å². The smallest absolute Gasteiger partial charge is 0.338 e. The zero-order chi connectivity index (χ0) is 23.8. The van der Waals surface area contributed by atoms with E-state index in [0.717, 1.165) is 0 Å². The number of nitriles is 1. The second-order valence-electron chi connectivity index (χ2n) is 7.03. The van der Waals surface area contributed by atoms with Gasteiger partial charge in [-0.15, -0.1) is 0 Å². The Labute approximate surface area is 196 Å². The van der Waals surface area contributed by atoms with Crippen molar-refractivity contribution in [1.82, 2.24) is 0 Å². The molecule has 5 nitrogen and oxygen atoms in total. The molecule has 0 spiro atoms. The van der Waals surface area contributed by atoms with Crippen LogP contribution in [0.4, 0.5) is 10.1 Å². The Balaban J connectivity index is 1.83. The SMILES string of the molecule is CCOC(=O)c1ccc(NC(=O)/C(C#N)=C/c2cc(Cl)ccc2Cc2ccccc2F)cc1. The zero-order valence-corrected chi connectivity index (χ0v) is 18.5. The lowest BCUT2D eigenvalue weighted by atomic mass is 9.98. The molecule has 1 N–H and O–H groups in total. The van der Waals surface area contributed by atoms with Crippen LogP contribution in [0.1, 0.15) is 34.0 Å². The molecule has 166 valence electrons. The molecular weight excluding hydrogens is 443 g/mol. The highest BCUT2D eigenvalue weighted by molar-refractivity contribution is 6.30. The summed E-state index contributed by atoms with van der Waals surface area (Å²) in [7, 11) is 0. The van der Waals surface area contributed by atoms with Crippen molar-refractivity contribution in [3.8, 4) is 6.07 Å². The van der Waals surface area contributed by atoms with Gasteiger partial charge in [-0.25, -0.2) is 9.18 Å². The Morgan fingerprint density at radius 3 is 2.48 bits per heavy atom. The van der Waals surface area contributed by atoms with Gasteiger partial charge < -0.3 is 10.1 Å². The molecule has 0 aromatic heterocycles. The molecule has 0 atom stereocenters. The molecular formula is C26H20ClFN2O3. The minimum absolute atomic E-state index is 0.151. The summed E-state index contributed by atoms with van der Waals surface area (Å²) >= 11 is 6.13. The topological polar surface area (TPSA) is 79.2 Å². The lowest BCUT2D eigenvalue weighted by Gasteiger charge is -2.10. The number of anilines is 1. The van der Waals surface area contributed by atoms with Crippen LogP contribution >= 0.6 is 11.6 Å². The van der Waals surface area contributed by atoms with Gasteiger partial charge in [0, 0.05) is 17.1 Å². The van der Waals surface area contributed by atoms with E-state index in [1.54, 1.807) is 55.5 Å². The molecule has 0 bridgehead atoms. The van der Waals surface area contributed by atoms with Gasteiger partial charge in [-0.05, 0) is 72.2 Å². The van der Waals surface area contributed by atoms with E-state index >= 15 is 0 Å². The van der Waals surface area contributed by atoms with Gasteiger partial charge in [-0.2, -0.15) is 5.26 Å². The first-order chi connectivity index (χ1) is 15.9. The maximum absolute atomic E-state index is 14.1. The van der Waals surface area contributed by atoms with E-state index in [4.69, 9.17) is 16.3 Å². The van der Waals surface area contributed by atoms with Crippen LogP contribution in [0, 0.1) is 17.1 Å². The maximum Gasteiger partial charge on any atom is 0.338 e. The van der Waals surface area contributed by atoms with Gasteiger partial charge in [-0.3, -0.25) is 4.79 Å². The van der Waals surface area contributed by atoms with Gasteiger partial charge in [0.2, 0.25) is 0 Å². The lowest BCUT2D eigenvalue weighted by Crippen LogP contribution is -2.14. The number of nitrogens with one attached hydrogen (secondary N) is 1. The van der Waals surface area contributed by atoms with Crippen molar-refractivity contribution < 1.29 is 18.7 Å². The molecule has 0 aliphatic carbocycles. The zero-order valence-electron chi connectivity index (χ0n) is 17.8. The lowest BCUT2D eigenvalue weighted by molar-refractivity contribution is -0.112. The van der Waals surface area contributed by atoms with E-state index in [1.165, 1.54) is 24.3 Å². The van der Waals surface area contributed by atoms with Gasteiger partial charge in [0.1, 0.15) is 17.5 Å². The highest BCUT2D eigenvalue weighted by Crippen LogP contribution is 2.23. The van der Waals surface area contributed by atoms with Crippen LogP contribution in [-0.2, 0) is 16.0 Å². The Morgan fingerprint density at radius 2 is 1.82 bits per heavy atom. The Bertz CT molecular complexity index is 1250. The van der Waals surface area contributed by atoms with Gasteiger partial charge >= 0.3 is 5.97 Å². The third-order valence-electron chi connectivity index (χ3n) is 4.77. The fraction of sp³-hybridized carbons (Fsp3) is 0.115. The van der Waals surface area contributed by atoms with E-state index in [1.807, 2.05) is 6.07 Å². The Hall–Kier alpha value is -3.95. The predicted octanol–water partition coefficient (Wildman–Crippen LogP) is 5.79. The molecule has 3 aromatic rings. The first-order valence-electron chi connectivity index (χ1n) is 10.1. The van der Waals surface area contributed by atoms with Crippen molar-refractivity contribution >= 4 is 35.2 Å². The summed E-state index contributed by atoms with van der Waals surface area (Å²) in [5, 5.41) is 12.6. The van der Waals surface area contributed by atoms with Crippen molar-refractivity contribution in [2.75, 3.05) is 11.9 Å². The molecule has 3 aromatic carbocycles. The quantitative estimate of drug-likeness (QED) is 0.274. The number of hydrogen-bond acceptors (Lipinski definition) is 4. The van der Waals surface area contributed by atoms with Gasteiger partial charge in [0.15, 0.2) is 0 Å². The van der Waals surface area contributed by atoms with E-state index in [9.17, 15) is 19.2 Å². The highest BCUT2D eigenvalue weighted by atomic mass is 35.5. The van der Waals surface area contributed by atoms with Gasteiger partial charge in [-0.1, -0.05) is 35.9 Å². The number of ether oxygens (including phenoxy) is 1. The van der Waals surface area contributed by atoms with Crippen molar-refractivity contribution in [2.24, 2.45) is 0 Å². The largest absolute Gasteiger partial charge is 0.462 e. The number of nitrogens with zero attached hydrogens (tertiary/aromatic N) is 1. The van der Waals surface area contributed by atoms with Crippen LogP contribution in [0.25, 0.3) is 6.08 Å². The molecule has 33 heavy (non-hydrogen) atoms. The molecule has 0 radical (unpaired) electrons. The van der Waals surface area contributed by atoms with Crippen LogP contribution < -0.4 is 5.32 Å². The molecule has 0 saturated carbocycles. The summed E-state index contributed by atoms with van der Waals surface area (Å²) in [6.45, 7) is 1.97. The van der Waals surface area contributed by atoms with Crippen molar-refractivity contribution in [2.45, 2.75) is 13.3 Å². The van der Waals surface area contributed by atoms with E-state index in [0.29, 0.717) is 33.0 Å². The average Bonchev–Trinajstić information content (AvgIpc) is 2.81. The summed E-state index contributed by atoms with van der Waals surface area (Å²) in [5.74, 6) is -1.43. The summed E-state index contributed by atoms with van der Waals surface area (Å²) in [6, 6.07) is 19.5. The summed E-state index contributed by atoms with van der Waals surface area (Å²) in [6.07, 6.45) is 1.69. The number of esters is 1. The number of rotatable bonds is 7. The number of carbonyl (C=O) groups is 2. The molecule has 3 rings (SSSR count). The third kappa shape index (κ3) is 6.28. The molecule has 0 unspecified atom stereocenters. The summed E-state index contributed by atoms with van der Waals surface area (Å²) < 4.78 is 19.0. The number of amides is 1. The fourth-order valence-corrected chi connectivity index (χ4v) is 3.30. The molecule has 0 aliphatic rings. The van der Waals surface area contributed by atoms with Crippen LogP contribution in [-0.4, -0.2) is 18.5 Å². The number of halogens is 2. The average molecular weight is 463 g/mol. The van der Waals surface area contributed by atoms with Crippen LogP contribution in [0.5, 0.6) is 0 Å². The molecule has 0 heterocycles. The minimum Gasteiger partial charge on any atom is -0.462 e. The standard InChI is InChI=1S/C26H20ClFN2O3/c1-2-33-26(32)17-8-11-23(12-9-17)30-25(31)21(16-29)14-20-15-22(27)10-7-18(20)13-19-5-3-4-6-24(19)28/h3-12,14-15H,2,13H2,1H3,(H,30,31)/b21-14+. The third-order valence-corrected chi connectivity index (χ3v) is 5.00. The van der Waals surface area contributed by atoms with E-state index < -0.39 is 11.9 Å². The monoisotopic (exact) mass is 462 g/mol. The fourth-order valence-electron chi connectivity index (χ4n) is 3.11. The normalized spacial score (nSPS) is 10.9. The second kappa shape index (κ2) is 11.1. The summed E-state index contributed by atoms with van der Waals surface area (Å²) in [5.41, 5.74) is 2.34. The molecule has 1 amide bonds.